The van der Waals surface area contributed by atoms with Crippen LogP contribution in [-0.4, -0.2) is 29.6 Å². The Balaban J connectivity index is 2.16. The lowest BCUT2D eigenvalue weighted by Gasteiger charge is -2.52. The standard InChI is InChI=1S/C17H24O4/c1-5-20-17-9-12-8-6-7-10(2)16(12,4)14(18)13(17)11(3)15(19)21-17/h8,10,14,18H,5-7,9H2,1-4H3/t10-,14+,16+,17+/m0/s1. The van der Waals surface area contributed by atoms with E-state index in [4.69, 9.17) is 9.47 Å². The Morgan fingerprint density at radius 2 is 2.24 bits per heavy atom. The Kier molecular flexibility index (Phi) is 3.30. The van der Waals surface area contributed by atoms with Crippen molar-refractivity contribution in [1.29, 1.82) is 0 Å². The number of allylic oxidation sites excluding steroid dienone is 1. The van der Waals surface area contributed by atoms with E-state index in [9.17, 15) is 9.90 Å². The minimum absolute atomic E-state index is 0.330. The molecule has 0 radical (unpaired) electrons. The van der Waals surface area contributed by atoms with Gasteiger partial charge < -0.3 is 14.6 Å². The van der Waals surface area contributed by atoms with Crippen molar-refractivity contribution in [2.24, 2.45) is 11.3 Å². The maximum Gasteiger partial charge on any atom is 0.336 e. The van der Waals surface area contributed by atoms with Gasteiger partial charge in [0.25, 0.3) is 0 Å². The number of esters is 1. The lowest BCUT2D eigenvalue weighted by atomic mass is 9.56. The van der Waals surface area contributed by atoms with Crippen LogP contribution < -0.4 is 0 Å². The van der Waals surface area contributed by atoms with E-state index in [0.29, 0.717) is 30.1 Å². The minimum Gasteiger partial charge on any atom is -0.425 e. The van der Waals surface area contributed by atoms with Gasteiger partial charge in [0, 0.05) is 29.6 Å². The van der Waals surface area contributed by atoms with Crippen molar-refractivity contribution in [3.63, 3.8) is 0 Å². The summed E-state index contributed by atoms with van der Waals surface area (Å²) in [5.74, 6) is -1.09. The Hall–Kier alpha value is -1.13. The van der Waals surface area contributed by atoms with Crippen LogP contribution in [-0.2, 0) is 14.3 Å². The SMILES string of the molecule is CCO[C@@]12CC3=CCC[C@H](C)[C@@]3(C)[C@H](O)C1=C(C)C(=O)O2. The molecular formula is C17H24O4. The number of hydrogen-bond donors (Lipinski definition) is 1. The van der Waals surface area contributed by atoms with Crippen LogP contribution in [0.3, 0.4) is 0 Å². The van der Waals surface area contributed by atoms with Gasteiger partial charge in [-0.05, 0) is 32.6 Å². The van der Waals surface area contributed by atoms with Gasteiger partial charge in [0.15, 0.2) is 0 Å². The first-order chi connectivity index (χ1) is 9.86. The molecule has 0 saturated heterocycles. The van der Waals surface area contributed by atoms with Crippen molar-refractivity contribution in [2.75, 3.05) is 6.61 Å². The van der Waals surface area contributed by atoms with E-state index in [1.165, 1.54) is 0 Å². The van der Waals surface area contributed by atoms with E-state index in [1.807, 2.05) is 6.92 Å². The first kappa shape index (κ1) is 14.8. The van der Waals surface area contributed by atoms with Gasteiger partial charge in [-0.25, -0.2) is 4.79 Å². The smallest absolute Gasteiger partial charge is 0.336 e. The van der Waals surface area contributed by atoms with Crippen molar-refractivity contribution < 1.29 is 19.4 Å². The molecule has 116 valence electrons. The van der Waals surface area contributed by atoms with Gasteiger partial charge in [-0.2, -0.15) is 0 Å². The summed E-state index contributed by atoms with van der Waals surface area (Å²) >= 11 is 0. The van der Waals surface area contributed by atoms with Gasteiger partial charge in [-0.1, -0.05) is 25.5 Å². The molecule has 3 rings (SSSR count). The second-order valence-corrected chi connectivity index (χ2v) is 6.68. The lowest BCUT2D eigenvalue weighted by Crippen LogP contribution is -2.55. The predicted octanol–water partition coefficient (Wildman–Crippen LogP) is 2.72. The topological polar surface area (TPSA) is 55.8 Å². The fraction of sp³-hybridized carbons (Fsp3) is 0.706. The van der Waals surface area contributed by atoms with Gasteiger partial charge in [-0.15, -0.1) is 0 Å². The van der Waals surface area contributed by atoms with Crippen molar-refractivity contribution in [2.45, 2.75) is 58.8 Å². The average Bonchev–Trinajstić information content (AvgIpc) is 2.66. The summed E-state index contributed by atoms with van der Waals surface area (Å²) < 4.78 is 11.4. The van der Waals surface area contributed by atoms with Gasteiger partial charge in [0.05, 0.1) is 6.10 Å². The highest BCUT2D eigenvalue weighted by Crippen LogP contribution is 2.58. The van der Waals surface area contributed by atoms with Crippen LogP contribution in [0.25, 0.3) is 0 Å². The van der Waals surface area contributed by atoms with Crippen molar-refractivity contribution in [3.8, 4) is 0 Å². The number of hydrogen-bond acceptors (Lipinski definition) is 4. The molecule has 0 bridgehead atoms. The third kappa shape index (κ3) is 1.78. The molecule has 0 aromatic heterocycles. The summed E-state index contributed by atoms with van der Waals surface area (Å²) in [6, 6.07) is 0. The van der Waals surface area contributed by atoms with E-state index in [-0.39, 0.29) is 11.4 Å². The van der Waals surface area contributed by atoms with E-state index in [0.717, 1.165) is 18.4 Å². The minimum atomic E-state index is -1.09. The second-order valence-electron chi connectivity index (χ2n) is 6.68. The van der Waals surface area contributed by atoms with E-state index < -0.39 is 11.9 Å². The number of aliphatic hydroxyl groups is 1. The molecule has 4 heteroatoms. The van der Waals surface area contributed by atoms with Crippen molar-refractivity contribution in [1.82, 2.24) is 0 Å². The Labute approximate surface area is 125 Å². The monoisotopic (exact) mass is 292 g/mol. The number of carbonyl (C=O) groups is 1. The molecule has 0 unspecified atom stereocenters. The van der Waals surface area contributed by atoms with Crippen LogP contribution >= 0.6 is 0 Å². The van der Waals surface area contributed by atoms with E-state index in [2.05, 4.69) is 19.9 Å². The fourth-order valence-corrected chi connectivity index (χ4v) is 4.22. The molecule has 2 aliphatic carbocycles. The number of fused-ring (bicyclic) bond motifs is 2. The van der Waals surface area contributed by atoms with Gasteiger partial charge in [0.2, 0.25) is 5.79 Å². The molecule has 1 heterocycles. The van der Waals surface area contributed by atoms with Crippen LogP contribution in [0.15, 0.2) is 22.8 Å². The number of carbonyl (C=O) groups excluding carboxylic acids is 1. The molecule has 1 N–H and O–H groups in total. The Bertz CT molecular complexity index is 547. The zero-order valence-electron chi connectivity index (χ0n) is 13.2. The van der Waals surface area contributed by atoms with Gasteiger partial charge >= 0.3 is 5.97 Å². The third-order valence-corrected chi connectivity index (χ3v) is 5.73. The summed E-state index contributed by atoms with van der Waals surface area (Å²) in [6.07, 6.45) is 4.07. The first-order valence-corrected chi connectivity index (χ1v) is 7.83. The molecular weight excluding hydrogens is 268 g/mol. The number of aliphatic hydroxyl groups excluding tert-OH is 1. The van der Waals surface area contributed by atoms with Crippen LogP contribution in [0.4, 0.5) is 0 Å². The summed E-state index contributed by atoms with van der Waals surface area (Å²) in [7, 11) is 0. The molecule has 0 amide bonds. The highest BCUT2D eigenvalue weighted by Gasteiger charge is 2.61. The van der Waals surface area contributed by atoms with Crippen LogP contribution in [0, 0.1) is 11.3 Å². The molecule has 1 fully saturated rings. The van der Waals surface area contributed by atoms with Crippen molar-refractivity contribution >= 4 is 5.97 Å². The molecule has 0 aromatic carbocycles. The van der Waals surface area contributed by atoms with Crippen LogP contribution in [0.5, 0.6) is 0 Å². The molecule has 0 aromatic rings. The average molecular weight is 292 g/mol. The first-order valence-electron chi connectivity index (χ1n) is 7.83. The largest absolute Gasteiger partial charge is 0.425 e. The normalized spacial score (nSPS) is 42.3. The zero-order valence-corrected chi connectivity index (χ0v) is 13.2. The zero-order chi connectivity index (χ0) is 15.4. The maximum absolute atomic E-state index is 12.1. The number of rotatable bonds is 2. The van der Waals surface area contributed by atoms with Crippen LogP contribution in [0.1, 0.15) is 47.0 Å². The predicted molar refractivity (Wildman–Crippen MR) is 78.4 cm³/mol. The summed E-state index contributed by atoms with van der Waals surface area (Å²) in [5, 5.41) is 11.1. The second kappa shape index (κ2) is 4.68. The molecule has 21 heavy (non-hydrogen) atoms. The Morgan fingerprint density at radius 1 is 1.52 bits per heavy atom. The molecule has 1 aliphatic heterocycles. The van der Waals surface area contributed by atoms with E-state index >= 15 is 0 Å². The quantitative estimate of drug-likeness (QED) is 0.628. The molecule has 3 aliphatic rings. The molecule has 4 nitrogen and oxygen atoms in total. The maximum atomic E-state index is 12.1. The molecule has 4 atom stereocenters. The molecule has 1 saturated carbocycles. The van der Waals surface area contributed by atoms with E-state index in [1.54, 1.807) is 6.92 Å². The highest BCUT2D eigenvalue weighted by molar-refractivity contribution is 5.92. The lowest BCUT2D eigenvalue weighted by molar-refractivity contribution is -0.215. The molecule has 0 spiro atoms. The van der Waals surface area contributed by atoms with Crippen molar-refractivity contribution in [3.05, 3.63) is 22.8 Å². The fourth-order valence-electron chi connectivity index (χ4n) is 4.22. The Morgan fingerprint density at radius 3 is 2.90 bits per heavy atom. The van der Waals surface area contributed by atoms with Gasteiger partial charge in [-0.3, -0.25) is 0 Å². The van der Waals surface area contributed by atoms with Gasteiger partial charge in [0.1, 0.15) is 0 Å². The summed E-state index contributed by atoms with van der Waals surface area (Å²) in [5.41, 5.74) is 1.98. The third-order valence-electron chi connectivity index (χ3n) is 5.73. The van der Waals surface area contributed by atoms with Crippen LogP contribution in [0.2, 0.25) is 0 Å². The summed E-state index contributed by atoms with van der Waals surface area (Å²) in [4.78, 5) is 12.1. The summed E-state index contributed by atoms with van der Waals surface area (Å²) in [6.45, 7) is 8.33. The highest BCUT2D eigenvalue weighted by atomic mass is 16.7. The number of ether oxygens (including phenoxy) is 2.